The molecule has 1 amide bonds. The third kappa shape index (κ3) is 5.36. The van der Waals surface area contributed by atoms with E-state index < -0.39 is 15.9 Å². The van der Waals surface area contributed by atoms with Gasteiger partial charge in [-0.3, -0.25) is 14.8 Å². The van der Waals surface area contributed by atoms with Crippen LogP contribution < -0.4 is 10.0 Å². The summed E-state index contributed by atoms with van der Waals surface area (Å²) in [5.41, 5.74) is 0.883. The van der Waals surface area contributed by atoms with E-state index >= 15 is 0 Å². The van der Waals surface area contributed by atoms with Gasteiger partial charge in [-0.1, -0.05) is 28.8 Å². The van der Waals surface area contributed by atoms with E-state index in [-0.39, 0.29) is 28.1 Å². The summed E-state index contributed by atoms with van der Waals surface area (Å²) in [4.78, 5) is 13.9. The fourth-order valence-corrected chi connectivity index (χ4v) is 4.49. The lowest BCUT2D eigenvalue weighted by Crippen LogP contribution is -2.18. The van der Waals surface area contributed by atoms with E-state index in [2.05, 4.69) is 20.2 Å². The monoisotopic (exact) mass is 500 g/mol. The first-order chi connectivity index (χ1) is 15.9. The third-order valence-electron chi connectivity index (χ3n) is 4.52. The molecule has 0 saturated carbocycles. The maximum absolute atomic E-state index is 12.8. The van der Waals surface area contributed by atoms with Gasteiger partial charge in [-0.2, -0.15) is 0 Å². The highest BCUT2D eigenvalue weighted by Gasteiger charge is 2.20. The largest absolute Gasteiger partial charge is 0.403 e. The molecule has 0 spiro atoms. The summed E-state index contributed by atoms with van der Waals surface area (Å²) in [7, 11) is -3.94. The zero-order valence-corrected chi connectivity index (χ0v) is 19.5. The van der Waals surface area contributed by atoms with Gasteiger partial charge >= 0.3 is 6.01 Å². The lowest BCUT2D eigenvalue weighted by Gasteiger charge is -2.12. The van der Waals surface area contributed by atoms with Crippen LogP contribution in [-0.4, -0.2) is 30.8 Å². The number of anilines is 2. The minimum Gasteiger partial charge on any atom is -0.403 e. The number of thioether (sulfide) groups is 1. The van der Waals surface area contributed by atoms with Gasteiger partial charge in [-0.25, -0.2) is 8.42 Å². The van der Waals surface area contributed by atoms with Crippen molar-refractivity contribution in [1.29, 1.82) is 0 Å². The molecule has 0 atom stereocenters. The number of rotatable bonds is 7. The molecule has 0 unspecified atom stereocenters. The molecule has 8 nitrogen and oxygen atoms in total. The molecule has 1 aromatic heterocycles. The van der Waals surface area contributed by atoms with Crippen LogP contribution >= 0.6 is 23.4 Å². The average molecular weight is 501 g/mol. The number of carbonyl (C=O) groups is 1. The number of aromatic nitrogens is 2. The number of carbonyl (C=O) groups excluding carboxylic acids is 1. The van der Waals surface area contributed by atoms with Crippen LogP contribution in [0, 0.1) is 0 Å². The molecule has 0 fully saturated rings. The summed E-state index contributed by atoms with van der Waals surface area (Å²) >= 11 is 7.44. The number of hydrogen-bond acceptors (Lipinski definition) is 7. The smallest absolute Gasteiger partial charge is 0.322 e. The van der Waals surface area contributed by atoms with E-state index in [1.165, 1.54) is 36.4 Å². The van der Waals surface area contributed by atoms with Gasteiger partial charge in [-0.15, -0.1) is 16.9 Å². The van der Waals surface area contributed by atoms with Gasteiger partial charge < -0.3 is 4.42 Å². The van der Waals surface area contributed by atoms with Crippen molar-refractivity contribution in [3.05, 3.63) is 83.4 Å². The molecule has 168 valence electrons. The Bertz CT molecular complexity index is 1390. The minimum atomic E-state index is -3.94. The Morgan fingerprint density at radius 3 is 2.36 bits per heavy atom. The van der Waals surface area contributed by atoms with Crippen molar-refractivity contribution in [2.24, 2.45) is 0 Å². The van der Waals surface area contributed by atoms with Crippen molar-refractivity contribution >= 4 is 51.0 Å². The van der Waals surface area contributed by atoms with Crippen LogP contribution in [0.5, 0.6) is 0 Å². The number of halogens is 1. The number of benzene rings is 3. The number of amides is 1. The molecule has 0 aliphatic carbocycles. The molecule has 3 aromatic carbocycles. The van der Waals surface area contributed by atoms with Crippen LogP contribution in [0.2, 0.25) is 5.02 Å². The predicted molar refractivity (Wildman–Crippen MR) is 128 cm³/mol. The Morgan fingerprint density at radius 2 is 1.67 bits per heavy atom. The standard InChI is InChI=1S/C22H17ClN4O4S2/c1-32-16-10-6-14(7-11-16)21-25-26-22(31-21)24-20(28)18-4-2-3-5-19(18)27-33(29,30)17-12-8-15(23)9-13-17/h2-13,27H,1H3,(H,24,26,28). The second-order valence-electron chi connectivity index (χ2n) is 6.70. The molecule has 4 aromatic rings. The Balaban J connectivity index is 1.53. The van der Waals surface area contributed by atoms with E-state index in [0.717, 1.165) is 4.90 Å². The third-order valence-corrected chi connectivity index (χ3v) is 6.90. The van der Waals surface area contributed by atoms with Crippen molar-refractivity contribution in [2.45, 2.75) is 9.79 Å². The molecule has 0 radical (unpaired) electrons. The second-order valence-corrected chi connectivity index (χ2v) is 9.70. The van der Waals surface area contributed by atoms with E-state index in [0.29, 0.717) is 10.6 Å². The van der Waals surface area contributed by atoms with E-state index in [1.54, 1.807) is 23.9 Å². The van der Waals surface area contributed by atoms with Gasteiger partial charge in [0.05, 0.1) is 16.1 Å². The molecular weight excluding hydrogens is 484 g/mol. The summed E-state index contributed by atoms with van der Waals surface area (Å²) in [5.74, 6) is -0.369. The molecule has 33 heavy (non-hydrogen) atoms. The van der Waals surface area contributed by atoms with Crippen molar-refractivity contribution in [3.8, 4) is 11.5 Å². The first-order valence-corrected chi connectivity index (χ1v) is 12.6. The zero-order chi connectivity index (χ0) is 23.4. The molecule has 2 N–H and O–H groups in total. The number of hydrogen-bond donors (Lipinski definition) is 2. The second kappa shape index (κ2) is 9.65. The first kappa shape index (κ1) is 22.8. The molecule has 0 saturated heterocycles. The van der Waals surface area contributed by atoms with Crippen molar-refractivity contribution < 1.29 is 17.6 Å². The quantitative estimate of drug-likeness (QED) is 0.336. The molecular formula is C22H17ClN4O4S2. The van der Waals surface area contributed by atoms with E-state index in [1.807, 2.05) is 30.5 Å². The Labute approximate surface area is 199 Å². The van der Waals surface area contributed by atoms with Gasteiger partial charge in [0.1, 0.15) is 0 Å². The van der Waals surface area contributed by atoms with Crippen LogP contribution in [0.25, 0.3) is 11.5 Å². The van der Waals surface area contributed by atoms with Crippen molar-refractivity contribution in [1.82, 2.24) is 10.2 Å². The Morgan fingerprint density at radius 1 is 0.970 bits per heavy atom. The van der Waals surface area contributed by atoms with Crippen molar-refractivity contribution in [3.63, 3.8) is 0 Å². The van der Waals surface area contributed by atoms with Gasteiger partial charge in [0.15, 0.2) is 0 Å². The van der Waals surface area contributed by atoms with Crippen LogP contribution in [0.3, 0.4) is 0 Å². The Hall–Kier alpha value is -3.34. The van der Waals surface area contributed by atoms with E-state index in [4.69, 9.17) is 16.0 Å². The van der Waals surface area contributed by atoms with Gasteiger partial charge in [-0.05, 0) is 66.9 Å². The number of para-hydroxylation sites is 1. The van der Waals surface area contributed by atoms with Gasteiger partial charge in [0, 0.05) is 15.5 Å². The SMILES string of the molecule is CSc1ccc(-c2nnc(NC(=O)c3ccccc3NS(=O)(=O)c3ccc(Cl)cc3)o2)cc1. The zero-order valence-electron chi connectivity index (χ0n) is 17.2. The highest BCUT2D eigenvalue weighted by atomic mass is 35.5. The van der Waals surface area contributed by atoms with Crippen LogP contribution in [0.15, 0.2) is 87.0 Å². The average Bonchev–Trinajstić information content (AvgIpc) is 3.28. The fourth-order valence-electron chi connectivity index (χ4n) is 2.88. The number of sulfonamides is 1. The van der Waals surface area contributed by atoms with Crippen molar-refractivity contribution in [2.75, 3.05) is 16.3 Å². The molecule has 0 bridgehead atoms. The maximum Gasteiger partial charge on any atom is 0.322 e. The highest BCUT2D eigenvalue weighted by molar-refractivity contribution is 7.98. The van der Waals surface area contributed by atoms with E-state index in [9.17, 15) is 13.2 Å². The molecule has 0 aliphatic rings. The Kier molecular flexibility index (Phi) is 6.68. The van der Waals surface area contributed by atoms with Crippen LogP contribution in [0.4, 0.5) is 11.7 Å². The molecule has 11 heteroatoms. The van der Waals surface area contributed by atoms with Gasteiger partial charge in [0.2, 0.25) is 5.89 Å². The minimum absolute atomic E-state index is 0.0103. The lowest BCUT2D eigenvalue weighted by molar-refractivity contribution is 0.102. The number of nitrogens with zero attached hydrogens (tertiary/aromatic N) is 2. The molecule has 1 heterocycles. The summed E-state index contributed by atoms with van der Waals surface area (Å²) in [6, 6.07) is 19.3. The first-order valence-electron chi connectivity index (χ1n) is 9.52. The van der Waals surface area contributed by atoms with Crippen LogP contribution in [-0.2, 0) is 10.0 Å². The summed E-state index contributed by atoms with van der Waals surface area (Å²) in [6.45, 7) is 0. The predicted octanol–water partition coefficient (Wildman–Crippen LogP) is 5.17. The topological polar surface area (TPSA) is 114 Å². The summed E-state index contributed by atoms with van der Waals surface area (Å²) in [5, 5.41) is 10.7. The molecule has 4 rings (SSSR count). The maximum atomic E-state index is 12.8. The van der Waals surface area contributed by atoms with Crippen LogP contribution in [0.1, 0.15) is 10.4 Å². The molecule has 0 aliphatic heterocycles. The summed E-state index contributed by atoms with van der Waals surface area (Å²) < 4.78 is 33.4. The number of nitrogens with one attached hydrogen (secondary N) is 2. The van der Waals surface area contributed by atoms with Gasteiger partial charge in [0.25, 0.3) is 15.9 Å². The highest BCUT2D eigenvalue weighted by Crippen LogP contribution is 2.25. The normalized spacial score (nSPS) is 11.2. The summed E-state index contributed by atoms with van der Waals surface area (Å²) in [6.07, 6.45) is 1.97. The lowest BCUT2D eigenvalue weighted by atomic mass is 10.2. The fraction of sp³-hybridized carbons (Fsp3) is 0.0455.